The maximum atomic E-state index is 12.0. The average Bonchev–Trinajstić information content (AvgIpc) is 2.88. The predicted molar refractivity (Wildman–Crippen MR) is 83.4 cm³/mol. The zero-order chi connectivity index (χ0) is 14.5. The standard InChI is InChI=1S/C15H20Cl2N2O/c1-2-19-8-4-5-11(19)10-18-15(20)9-12-13(16)6-3-7-14(12)17/h3,6-7,11H,2,4-5,8-10H2,1H3,(H,18,20)/t11-/m1/s1. The molecule has 1 aromatic rings. The van der Waals surface area contributed by atoms with Crippen LogP contribution in [0.1, 0.15) is 25.3 Å². The van der Waals surface area contributed by atoms with E-state index in [1.54, 1.807) is 18.2 Å². The Morgan fingerprint density at radius 2 is 2.10 bits per heavy atom. The lowest BCUT2D eigenvalue weighted by molar-refractivity contribution is -0.120. The molecule has 5 heteroatoms. The Morgan fingerprint density at radius 3 is 2.75 bits per heavy atom. The molecular formula is C15H20Cl2N2O. The first kappa shape index (κ1) is 15.6. The number of likely N-dealkylation sites (N-methyl/N-ethyl adjacent to an activating group) is 1. The second-order valence-electron chi connectivity index (χ2n) is 5.11. The molecule has 1 fully saturated rings. The fraction of sp³-hybridized carbons (Fsp3) is 0.533. The Bertz CT molecular complexity index is 459. The van der Waals surface area contributed by atoms with Crippen molar-refractivity contribution in [1.29, 1.82) is 0 Å². The lowest BCUT2D eigenvalue weighted by Gasteiger charge is -2.22. The molecule has 110 valence electrons. The van der Waals surface area contributed by atoms with E-state index < -0.39 is 0 Å². The highest BCUT2D eigenvalue weighted by atomic mass is 35.5. The third-order valence-electron chi connectivity index (χ3n) is 3.84. The first-order chi connectivity index (χ1) is 9.61. The van der Waals surface area contributed by atoms with Crippen LogP contribution in [0.5, 0.6) is 0 Å². The van der Waals surface area contributed by atoms with Crippen LogP contribution >= 0.6 is 23.2 Å². The summed E-state index contributed by atoms with van der Waals surface area (Å²) in [5.41, 5.74) is 0.701. The Hall–Kier alpha value is -0.770. The van der Waals surface area contributed by atoms with Gasteiger partial charge in [0.2, 0.25) is 5.91 Å². The van der Waals surface area contributed by atoms with E-state index in [9.17, 15) is 4.79 Å². The van der Waals surface area contributed by atoms with E-state index in [1.807, 2.05) is 0 Å². The number of hydrogen-bond acceptors (Lipinski definition) is 2. The second kappa shape index (κ2) is 7.30. The van der Waals surface area contributed by atoms with Gasteiger partial charge in [0.25, 0.3) is 0 Å². The smallest absolute Gasteiger partial charge is 0.224 e. The van der Waals surface area contributed by atoms with Crippen molar-refractivity contribution in [2.45, 2.75) is 32.2 Å². The molecule has 1 aliphatic heterocycles. The quantitative estimate of drug-likeness (QED) is 0.905. The summed E-state index contributed by atoms with van der Waals surface area (Å²) < 4.78 is 0. The number of rotatable bonds is 5. The van der Waals surface area contributed by atoms with Gasteiger partial charge in [0.1, 0.15) is 0 Å². The lowest BCUT2D eigenvalue weighted by Crippen LogP contribution is -2.40. The molecule has 0 radical (unpaired) electrons. The molecule has 20 heavy (non-hydrogen) atoms. The molecule has 0 aliphatic carbocycles. The zero-order valence-electron chi connectivity index (χ0n) is 11.7. The Morgan fingerprint density at radius 1 is 1.40 bits per heavy atom. The first-order valence-corrected chi connectivity index (χ1v) is 7.81. The summed E-state index contributed by atoms with van der Waals surface area (Å²) >= 11 is 12.1. The maximum Gasteiger partial charge on any atom is 0.224 e. The molecule has 1 N–H and O–H groups in total. The van der Waals surface area contributed by atoms with Crippen LogP contribution in [0.15, 0.2) is 18.2 Å². The summed E-state index contributed by atoms with van der Waals surface area (Å²) in [6.45, 7) is 5.03. The number of halogens is 2. The SMILES string of the molecule is CCN1CCC[C@@H]1CNC(=O)Cc1c(Cl)cccc1Cl. The van der Waals surface area contributed by atoms with Crippen LogP contribution < -0.4 is 5.32 Å². The third kappa shape index (κ3) is 3.87. The fourth-order valence-corrected chi connectivity index (χ4v) is 3.23. The topological polar surface area (TPSA) is 32.3 Å². The van der Waals surface area contributed by atoms with Crippen LogP contribution in [0.4, 0.5) is 0 Å². The van der Waals surface area contributed by atoms with E-state index in [4.69, 9.17) is 23.2 Å². The van der Waals surface area contributed by atoms with E-state index in [0.717, 1.165) is 19.5 Å². The molecule has 0 saturated carbocycles. The van der Waals surface area contributed by atoms with Crippen molar-refractivity contribution in [2.24, 2.45) is 0 Å². The number of nitrogens with zero attached hydrogens (tertiary/aromatic N) is 1. The summed E-state index contributed by atoms with van der Waals surface area (Å²) in [4.78, 5) is 14.4. The van der Waals surface area contributed by atoms with Crippen LogP contribution in [0.2, 0.25) is 10.0 Å². The van der Waals surface area contributed by atoms with Gasteiger partial charge < -0.3 is 5.32 Å². The fourth-order valence-electron chi connectivity index (χ4n) is 2.70. The van der Waals surface area contributed by atoms with Gasteiger partial charge in [0, 0.05) is 22.6 Å². The normalized spacial score (nSPS) is 19.2. The Labute approximate surface area is 130 Å². The van der Waals surface area contributed by atoms with Gasteiger partial charge in [-0.25, -0.2) is 0 Å². The minimum Gasteiger partial charge on any atom is -0.354 e. The van der Waals surface area contributed by atoms with Gasteiger partial charge in [0.05, 0.1) is 6.42 Å². The van der Waals surface area contributed by atoms with E-state index in [1.165, 1.54) is 6.42 Å². The molecule has 1 amide bonds. The van der Waals surface area contributed by atoms with Gasteiger partial charge in [-0.1, -0.05) is 36.2 Å². The van der Waals surface area contributed by atoms with Crippen molar-refractivity contribution in [2.75, 3.05) is 19.6 Å². The maximum absolute atomic E-state index is 12.0. The largest absolute Gasteiger partial charge is 0.354 e. The molecular weight excluding hydrogens is 295 g/mol. The van der Waals surface area contributed by atoms with Gasteiger partial charge in [-0.2, -0.15) is 0 Å². The van der Waals surface area contributed by atoms with Crippen LogP contribution in [-0.2, 0) is 11.2 Å². The molecule has 0 spiro atoms. The number of likely N-dealkylation sites (tertiary alicyclic amines) is 1. The molecule has 1 aromatic carbocycles. The van der Waals surface area contributed by atoms with Gasteiger partial charge in [-0.3, -0.25) is 9.69 Å². The predicted octanol–water partition coefficient (Wildman–Crippen LogP) is 3.14. The van der Waals surface area contributed by atoms with Crippen molar-refractivity contribution in [3.63, 3.8) is 0 Å². The summed E-state index contributed by atoms with van der Waals surface area (Å²) in [5.74, 6) is -0.0250. The van der Waals surface area contributed by atoms with Crippen molar-refractivity contribution in [3.8, 4) is 0 Å². The minimum atomic E-state index is -0.0250. The highest BCUT2D eigenvalue weighted by molar-refractivity contribution is 6.36. The monoisotopic (exact) mass is 314 g/mol. The number of carbonyl (C=O) groups is 1. The van der Waals surface area contributed by atoms with Gasteiger partial charge in [-0.05, 0) is 43.6 Å². The van der Waals surface area contributed by atoms with E-state index in [2.05, 4.69) is 17.1 Å². The van der Waals surface area contributed by atoms with Gasteiger partial charge >= 0.3 is 0 Å². The number of hydrogen-bond donors (Lipinski definition) is 1. The highest BCUT2D eigenvalue weighted by Crippen LogP contribution is 2.24. The summed E-state index contributed by atoms with van der Waals surface area (Å²) in [6, 6.07) is 5.76. The van der Waals surface area contributed by atoms with Gasteiger partial charge in [0.15, 0.2) is 0 Å². The number of carbonyl (C=O) groups excluding carboxylic acids is 1. The zero-order valence-corrected chi connectivity index (χ0v) is 13.2. The molecule has 1 atom stereocenters. The van der Waals surface area contributed by atoms with Crippen LogP contribution in [0.3, 0.4) is 0 Å². The first-order valence-electron chi connectivity index (χ1n) is 7.05. The van der Waals surface area contributed by atoms with E-state index in [-0.39, 0.29) is 12.3 Å². The Balaban J connectivity index is 1.87. The third-order valence-corrected chi connectivity index (χ3v) is 4.55. The number of nitrogens with one attached hydrogen (secondary N) is 1. The summed E-state index contributed by atoms with van der Waals surface area (Å²) in [7, 11) is 0. The molecule has 1 aliphatic rings. The second-order valence-corrected chi connectivity index (χ2v) is 5.92. The molecule has 3 nitrogen and oxygen atoms in total. The number of benzene rings is 1. The average molecular weight is 315 g/mol. The molecule has 0 bridgehead atoms. The van der Waals surface area contributed by atoms with Crippen molar-refractivity contribution >= 4 is 29.1 Å². The van der Waals surface area contributed by atoms with Crippen LogP contribution in [0.25, 0.3) is 0 Å². The van der Waals surface area contributed by atoms with Crippen molar-refractivity contribution < 1.29 is 4.79 Å². The summed E-state index contributed by atoms with van der Waals surface area (Å²) in [6.07, 6.45) is 2.60. The molecule has 2 rings (SSSR count). The van der Waals surface area contributed by atoms with Gasteiger partial charge in [-0.15, -0.1) is 0 Å². The van der Waals surface area contributed by atoms with Crippen molar-refractivity contribution in [3.05, 3.63) is 33.8 Å². The van der Waals surface area contributed by atoms with E-state index >= 15 is 0 Å². The molecule has 1 heterocycles. The van der Waals surface area contributed by atoms with Crippen LogP contribution in [-0.4, -0.2) is 36.5 Å². The molecule has 0 unspecified atom stereocenters. The minimum absolute atomic E-state index is 0.0250. The van der Waals surface area contributed by atoms with E-state index in [0.29, 0.717) is 28.2 Å². The molecule has 1 saturated heterocycles. The number of amides is 1. The Kier molecular flexibility index (Phi) is 5.70. The molecule has 0 aromatic heterocycles. The lowest BCUT2D eigenvalue weighted by atomic mass is 10.1. The van der Waals surface area contributed by atoms with Crippen LogP contribution in [0, 0.1) is 0 Å². The summed E-state index contributed by atoms with van der Waals surface area (Å²) in [5, 5.41) is 4.08. The van der Waals surface area contributed by atoms with Crippen molar-refractivity contribution in [1.82, 2.24) is 10.2 Å². The highest BCUT2D eigenvalue weighted by Gasteiger charge is 2.23.